The molecule has 2 rings (SSSR count). The molecular formula is C17H24N4O2S. The minimum Gasteiger partial charge on any atom is -0.444 e. The highest BCUT2D eigenvalue weighted by atomic mass is 32.1. The lowest BCUT2D eigenvalue weighted by molar-refractivity contribution is 0.0130. The molecule has 0 N–H and O–H groups in total. The number of ether oxygens (including phenoxy) is 1. The molecule has 2 atom stereocenters. The minimum absolute atomic E-state index is 0.0218. The van der Waals surface area contributed by atoms with E-state index in [0.717, 1.165) is 5.69 Å². The molecule has 2 heterocycles. The lowest BCUT2D eigenvalue weighted by Crippen LogP contribution is -2.59. The van der Waals surface area contributed by atoms with E-state index in [1.807, 2.05) is 33.8 Å². The van der Waals surface area contributed by atoms with E-state index in [2.05, 4.69) is 27.0 Å². The molecule has 1 aromatic rings. The van der Waals surface area contributed by atoms with E-state index in [1.54, 1.807) is 17.3 Å². The molecule has 0 aromatic carbocycles. The summed E-state index contributed by atoms with van der Waals surface area (Å²) in [6.45, 7) is 11.0. The largest absolute Gasteiger partial charge is 0.444 e. The molecule has 0 unspecified atom stereocenters. The number of nitrogens with zero attached hydrogens (tertiary/aromatic N) is 4. The summed E-state index contributed by atoms with van der Waals surface area (Å²) in [5.41, 5.74) is 1.14. The fourth-order valence-electron chi connectivity index (χ4n) is 2.79. The second kappa shape index (κ2) is 7.28. The zero-order valence-corrected chi connectivity index (χ0v) is 15.6. The number of hydrogen-bond acceptors (Lipinski definition) is 6. The number of carbonyl (C=O) groups is 1. The highest BCUT2D eigenvalue weighted by molar-refractivity contribution is 7.78. The number of aromatic nitrogens is 1. The van der Waals surface area contributed by atoms with Crippen LogP contribution in [0.2, 0.25) is 0 Å². The number of thiocarbonyl (C=S) groups is 1. The van der Waals surface area contributed by atoms with Gasteiger partial charge in [-0.05, 0) is 52.9 Å². The van der Waals surface area contributed by atoms with Crippen LogP contribution in [-0.4, -0.2) is 51.9 Å². The molecule has 1 amide bonds. The van der Waals surface area contributed by atoms with Crippen molar-refractivity contribution in [3.05, 3.63) is 18.5 Å². The van der Waals surface area contributed by atoms with Crippen molar-refractivity contribution < 1.29 is 9.53 Å². The second-order valence-corrected chi connectivity index (χ2v) is 7.23. The molecule has 1 fully saturated rings. The standard InChI is InChI=1S/C17H24N4O2S/c1-12-10-21(16(22)23-17(3,4)5)13(2)9-20(12)15-6-7-18-8-14(15)19-11-24/h6-8,12-13H,9-10H2,1-5H3/t12-,13+/m0/s1. The Morgan fingerprint density at radius 2 is 2.08 bits per heavy atom. The number of hydrogen-bond donors (Lipinski definition) is 0. The van der Waals surface area contributed by atoms with Gasteiger partial charge in [0.2, 0.25) is 0 Å². The van der Waals surface area contributed by atoms with Gasteiger partial charge in [-0.1, -0.05) is 0 Å². The van der Waals surface area contributed by atoms with Gasteiger partial charge in [-0.25, -0.2) is 4.79 Å². The average Bonchev–Trinajstić information content (AvgIpc) is 2.48. The molecule has 0 radical (unpaired) electrons. The van der Waals surface area contributed by atoms with Crippen LogP contribution >= 0.6 is 12.2 Å². The highest BCUT2D eigenvalue weighted by Crippen LogP contribution is 2.31. The van der Waals surface area contributed by atoms with Gasteiger partial charge in [-0.15, -0.1) is 0 Å². The van der Waals surface area contributed by atoms with Crippen LogP contribution in [0.3, 0.4) is 0 Å². The second-order valence-electron chi connectivity index (χ2n) is 7.05. The van der Waals surface area contributed by atoms with E-state index in [1.165, 1.54) is 0 Å². The predicted molar refractivity (Wildman–Crippen MR) is 98.1 cm³/mol. The molecular weight excluding hydrogens is 324 g/mol. The first-order valence-corrected chi connectivity index (χ1v) is 8.42. The average molecular weight is 348 g/mol. The summed E-state index contributed by atoms with van der Waals surface area (Å²) < 4.78 is 5.52. The fourth-order valence-corrected chi connectivity index (χ4v) is 2.89. The maximum Gasteiger partial charge on any atom is 0.410 e. The van der Waals surface area contributed by atoms with E-state index in [-0.39, 0.29) is 18.2 Å². The minimum atomic E-state index is -0.497. The number of amides is 1. The molecule has 0 spiro atoms. The van der Waals surface area contributed by atoms with Gasteiger partial charge in [0.1, 0.15) is 11.3 Å². The molecule has 0 aliphatic carbocycles. The van der Waals surface area contributed by atoms with Gasteiger partial charge < -0.3 is 14.5 Å². The Hall–Kier alpha value is -1.98. The van der Waals surface area contributed by atoms with E-state index in [4.69, 9.17) is 17.0 Å². The van der Waals surface area contributed by atoms with Crippen LogP contribution in [0.4, 0.5) is 16.2 Å². The number of rotatable bonds is 2. The van der Waals surface area contributed by atoms with Crippen molar-refractivity contribution in [1.82, 2.24) is 9.88 Å². The Bertz CT molecular complexity index is 652. The Morgan fingerprint density at radius 3 is 2.71 bits per heavy atom. The third-order valence-corrected chi connectivity index (χ3v) is 3.96. The van der Waals surface area contributed by atoms with Crippen LogP contribution in [0.25, 0.3) is 0 Å². The van der Waals surface area contributed by atoms with Crippen molar-refractivity contribution in [1.29, 1.82) is 0 Å². The van der Waals surface area contributed by atoms with Gasteiger partial charge in [0.15, 0.2) is 0 Å². The summed E-state index contributed by atoms with van der Waals surface area (Å²) in [6, 6.07) is 2.06. The predicted octanol–water partition coefficient (Wildman–Crippen LogP) is 3.65. The van der Waals surface area contributed by atoms with Crippen LogP contribution in [-0.2, 0) is 4.74 Å². The summed E-state index contributed by atoms with van der Waals surface area (Å²) in [6.07, 6.45) is 3.13. The van der Waals surface area contributed by atoms with E-state index < -0.39 is 5.60 Å². The zero-order valence-electron chi connectivity index (χ0n) is 14.8. The van der Waals surface area contributed by atoms with Gasteiger partial charge in [0.05, 0.1) is 17.0 Å². The van der Waals surface area contributed by atoms with Crippen molar-refractivity contribution in [2.75, 3.05) is 18.0 Å². The number of aliphatic imine (C=N–C) groups is 1. The number of isothiocyanates is 1. The summed E-state index contributed by atoms with van der Waals surface area (Å²) in [4.78, 5) is 24.6. The third-order valence-electron chi connectivity index (χ3n) is 3.87. The molecule has 1 aliphatic heterocycles. The Morgan fingerprint density at radius 1 is 1.38 bits per heavy atom. The fraction of sp³-hybridized carbons (Fsp3) is 0.588. The number of pyridine rings is 1. The summed E-state index contributed by atoms with van der Waals surface area (Å²) in [7, 11) is 0. The van der Waals surface area contributed by atoms with Crippen LogP contribution in [0.5, 0.6) is 0 Å². The molecule has 1 aliphatic rings. The number of carbonyl (C=O) groups excluding carboxylic acids is 1. The topological polar surface area (TPSA) is 58.0 Å². The van der Waals surface area contributed by atoms with Crippen LogP contribution in [0.1, 0.15) is 34.6 Å². The lowest BCUT2D eigenvalue weighted by Gasteiger charge is -2.45. The molecule has 0 saturated carbocycles. The third kappa shape index (κ3) is 4.30. The molecule has 130 valence electrons. The van der Waals surface area contributed by atoms with Crippen LogP contribution < -0.4 is 4.90 Å². The zero-order chi connectivity index (χ0) is 17.9. The van der Waals surface area contributed by atoms with Gasteiger partial charge in [0, 0.05) is 31.4 Å². The first-order valence-electron chi connectivity index (χ1n) is 8.01. The first kappa shape index (κ1) is 18.4. The van der Waals surface area contributed by atoms with E-state index >= 15 is 0 Å². The quantitative estimate of drug-likeness (QED) is 0.603. The van der Waals surface area contributed by atoms with Crippen molar-refractivity contribution in [3.8, 4) is 0 Å². The van der Waals surface area contributed by atoms with Crippen molar-refractivity contribution >= 4 is 34.8 Å². The Labute approximate surface area is 148 Å². The highest BCUT2D eigenvalue weighted by Gasteiger charge is 2.35. The molecule has 1 saturated heterocycles. The van der Waals surface area contributed by atoms with Crippen molar-refractivity contribution in [2.24, 2.45) is 4.99 Å². The number of anilines is 1. The van der Waals surface area contributed by atoms with Gasteiger partial charge >= 0.3 is 6.09 Å². The smallest absolute Gasteiger partial charge is 0.410 e. The normalized spacial score (nSPS) is 21.2. The molecule has 7 heteroatoms. The molecule has 6 nitrogen and oxygen atoms in total. The van der Waals surface area contributed by atoms with Crippen LogP contribution in [0, 0.1) is 0 Å². The molecule has 0 bridgehead atoms. The summed E-state index contributed by atoms with van der Waals surface area (Å²) in [5, 5.41) is 2.40. The first-order chi connectivity index (χ1) is 11.2. The van der Waals surface area contributed by atoms with Gasteiger partial charge in [0.25, 0.3) is 0 Å². The van der Waals surface area contributed by atoms with Crippen LogP contribution in [0.15, 0.2) is 23.5 Å². The maximum absolute atomic E-state index is 12.4. The maximum atomic E-state index is 12.4. The van der Waals surface area contributed by atoms with Gasteiger partial charge in [-0.3, -0.25) is 4.98 Å². The SMILES string of the molecule is C[C@@H]1CN(c2ccncc2N=C=S)[C@@H](C)CN1C(=O)OC(C)(C)C. The monoisotopic (exact) mass is 348 g/mol. The Kier molecular flexibility index (Phi) is 5.57. The van der Waals surface area contributed by atoms with E-state index in [9.17, 15) is 4.79 Å². The molecule has 24 heavy (non-hydrogen) atoms. The summed E-state index contributed by atoms with van der Waals surface area (Å²) >= 11 is 4.72. The lowest BCUT2D eigenvalue weighted by atomic mass is 10.1. The molecule has 1 aromatic heterocycles. The Balaban J connectivity index is 2.19. The summed E-state index contributed by atoms with van der Waals surface area (Å²) in [5.74, 6) is 0. The van der Waals surface area contributed by atoms with Gasteiger partial charge in [-0.2, -0.15) is 4.99 Å². The van der Waals surface area contributed by atoms with Crippen molar-refractivity contribution in [2.45, 2.75) is 52.3 Å². The van der Waals surface area contributed by atoms with Crippen molar-refractivity contribution in [3.63, 3.8) is 0 Å². The number of piperazine rings is 1. The van der Waals surface area contributed by atoms with E-state index in [0.29, 0.717) is 18.8 Å².